The Labute approximate surface area is 338 Å². The van der Waals surface area contributed by atoms with Crippen LogP contribution in [-0.4, -0.2) is 73.1 Å². The van der Waals surface area contributed by atoms with Crippen molar-refractivity contribution in [3.05, 3.63) is 88.9 Å². The molecule has 2 atom stereocenters. The first-order valence-electron chi connectivity index (χ1n) is 18.7. The first-order chi connectivity index (χ1) is 27.0. The molecule has 2 N–H and O–H groups in total. The monoisotopic (exact) mass is 819 g/mol. The van der Waals surface area contributed by atoms with Crippen molar-refractivity contribution in [1.29, 1.82) is 0 Å². The van der Waals surface area contributed by atoms with E-state index in [2.05, 4.69) is 15.6 Å². The number of nitrogens with one attached hydrogen (secondary N) is 2. The number of amides is 4. The Balaban J connectivity index is 1.62. The summed E-state index contributed by atoms with van der Waals surface area (Å²) in [5, 5.41) is 5.95. The zero-order valence-electron chi connectivity index (χ0n) is 34.4. The molecule has 6 rings (SSSR count). The molecule has 3 aromatic carbocycles. The molecule has 4 bridgehead atoms. The van der Waals surface area contributed by atoms with Gasteiger partial charge >= 0.3 is 18.3 Å². The summed E-state index contributed by atoms with van der Waals surface area (Å²) in [6, 6.07) is 13.2. The quantitative estimate of drug-likeness (QED) is 0.185. The summed E-state index contributed by atoms with van der Waals surface area (Å²) >= 11 is 0. The molecule has 2 aliphatic rings. The van der Waals surface area contributed by atoms with Gasteiger partial charge in [-0.2, -0.15) is 4.90 Å². The summed E-state index contributed by atoms with van der Waals surface area (Å²) in [7, 11) is -2.22. The molecule has 1 aromatic heterocycles. The van der Waals surface area contributed by atoms with E-state index in [1.54, 1.807) is 53.7 Å². The molecule has 16 heteroatoms. The van der Waals surface area contributed by atoms with E-state index in [1.807, 2.05) is 26.0 Å². The van der Waals surface area contributed by atoms with Gasteiger partial charge in [-0.3, -0.25) is 10.1 Å². The highest BCUT2D eigenvalue weighted by Crippen LogP contribution is 2.34. The first-order valence-corrected chi connectivity index (χ1v) is 20.4. The number of anilines is 3. The highest BCUT2D eigenvalue weighted by Gasteiger charge is 2.35. The number of hydrogen-bond donors (Lipinski definition) is 2. The van der Waals surface area contributed by atoms with E-state index in [1.165, 1.54) is 49.2 Å². The van der Waals surface area contributed by atoms with Gasteiger partial charge in [0.2, 0.25) is 5.91 Å². The van der Waals surface area contributed by atoms with Crippen molar-refractivity contribution in [2.45, 2.75) is 96.9 Å². The molecule has 0 aliphatic carbocycles. The van der Waals surface area contributed by atoms with Crippen molar-refractivity contribution in [3.63, 3.8) is 0 Å². The molecule has 4 aromatic rings. The van der Waals surface area contributed by atoms with Crippen molar-refractivity contribution in [2.75, 3.05) is 34.9 Å². The van der Waals surface area contributed by atoms with Gasteiger partial charge in [0.15, 0.2) is 15.7 Å². The molecule has 0 saturated carbocycles. The standard InChI is InChI=1S/C42H50FN5O9S/c1-11-58(53,54)34-17-14-28-19-27(34)22-47(10)37(49)35(26-12-15-30(24(2)18-26)25(3)23-55-38(50)46-28)45-29-13-16-31-32(20-29)33(43)21-44-36(31)48(39(51)56-41(4,5)6)40(52)57-42(7,8)9/h12-21,25,35,45H,11,22-23H2,1-10H3,(H,46,50)/t25-,35+/m0/s1. The second-order valence-corrected chi connectivity index (χ2v) is 18.5. The van der Waals surface area contributed by atoms with Crippen molar-refractivity contribution in [2.24, 2.45) is 0 Å². The lowest BCUT2D eigenvalue weighted by Crippen LogP contribution is -2.44. The molecule has 2 aliphatic heterocycles. The number of hydrogen-bond acceptors (Lipinski definition) is 11. The Morgan fingerprint density at radius 3 is 2.24 bits per heavy atom. The first kappa shape index (κ1) is 43.4. The Kier molecular flexibility index (Phi) is 12.4. The number of aromatic nitrogens is 1. The van der Waals surface area contributed by atoms with Gasteiger partial charge in [0.1, 0.15) is 23.1 Å². The lowest BCUT2D eigenvalue weighted by molar-refractivity contribution is -0.131. The Bertz CT molecular complexity index is 2350. The van der Waals surface area contributed by atoms with E-state index < -0.39 is 57.1 Å². The number of carbonyl (C=O) groups is 4. The fourth-order valence-corrected chi connectivity index (χ4v) is 7.56. The molecule has 0 radical (unpaired) electrons. The molecule has 0 spiro atoms. The third kappa shape index (κ3) is 10.0. The second-order valence-electron chi connectivity index (χ2n) is 16.2. The van der Waals surface area contributed by atoms with Crippen LogP contribution >= 0.6 is 0 Å². The summed E-state index contributed by atoms with van der Waals surface area (Å²) in [6.45, 7) is 15.0. The summed E-state index contributed by atoms with van der Waals surface area (Å²) < 4.78 is 58.6. The van der Waals surface area contributed by atoms with Gasteiger partial charge < -0.3 is 24.4 Å². The van der Waals surface area contributed by atoms with E-state index in [4.69, 9.17) is 14.2 Å². The maximum absolute atomic E-state index is 15.7. The number of carbonyl (C=O) groups excluding carboxylic acids is 4. The Morgan fingerprint density at radius 1 is 0.983 bits per heavy atom. The van der Waals surface area contributed by atoms with Gasteiger partial charge in [0.05, 0.1) is 23.5 Å². The van der Waals surface area contributed by atoms with E-state index in [-0.39, 0.29) is 57.6 Å². The SMILES string of the molecule is CCS(=O)(=O)c1ccc2cc1CN(C)C(=O)[C@H](Nc1ccc3c(N(C(=O)OC(C)(C)C)C(=O)OC(C)(C)C)ncc(F)c3c1)c1ccc(c(C)c1)[C@@H](C)COC(=O)N2. The van der Waals surface area contributed by atoms with Crippen LogP contribution in [0, 0.1) is 12.7 Å². The maximum Gasteiger partial charge on any atom is 0.425 e. The van der Waals surface area contributed by atoms with Gasteiger partial charge in [-0.05, 0) is 107 Å². The van der Waals surface area contributed by atoms with E-state index in [0.29, 0.717) is 16.2 Å². The summed E-state index contributed by atoms with van der Waals surface area (Å²) in [5.41, 5.74) is 1.10. The number of aryl methyl sites for hydroxylation is 1. The van der Waals surface area contributed by atoms with Crippen molar-refractivity contribution < 1.29 is 46.2 Å². The van der Waals surface area contributed by atoms with Crippen molar-refractivity contribution in [1.82, 2.24) is 9.88 Å². The fourth-order valence-electron chi connectivity index (χ4n) is 6.45. The fraction of sp³-hybridized carbons (Fsp3) is 0.405. The van der Waals surface area contributed by atoms with Crippen LogP contribution in [0.4, 0.5) is 36.0 Å². The highest BCUT2D eigenvalue weighted by molar-refractivity contribution is 7.91. The summed E-state index contributed by atoms with van der Waals surface area (Å²) in [5.74, 6) is -1.87. The molecular weight excluding hydrogens is 770 g/mol. The molecule has 310 valence electrons. The minimum Gasteiger partial charge on any atom is -0.449 e. The normalized spacial score (nSPS) is 16.7. The average Bonchev–Trinajstić information content (AvgIpc) is 3.11. The van der Waals surface area contributed by atoms with Crippen LogP contribution in [-0.2, 0) is 35.4 Å². The molecule has 58 heavy (non-hydrogen) atoms. The third-order valence-electron chi connectivity index (χ3n) is 9.17. The van der Waals surface area contributed by atoms with Crippen molar-refractivity contribution >= 4 is 62.0 Å². The summed E-state index contributed by atoms with van der Waals surface area (Å²) in [4.78, 5) is 60.4. The smallest absolute Gasteiger partial charge is 0.425 e. The molecule has 4 amide bonds. The van der Waals surface area contributed by atoms with Crippen LogP contribution in [0.2, 0.25) is 0 Å². The van der Waals surface area contributed by atoms with Crippen molar-refractivity contribution in [3.8, 4) is 0 Å². The second kappa shape index (κ2) is 16.6. The van der Waals surface area contributed by atoms with Crippen LogP contribution in [0.15, 0.2) is 65.7 Å². The predicted octanol–water partition coefficient (Wildman–Crippen LogP) is 8.63. The van der Waals surface area contributed by atoms with Crippen LogP contribution in [0.5, 0.6) is 0 Å². The molecule has 14 nitrogen and oxygen atoms in total. The van der Waals surface area contributed by atoms with Gasteiger partial charge in [-0.1, -0.05) is 32.0 Å². The van der Waals surface area contributed by atoms with E-state index in [9.17, 15) is 27.6 Å². The van der Waals surface area contributed by atoms with Gasteiger partial charge in [0.25, 0.3) is 0 Å². The van der Waals surface area contributed by atoms with Gasteiger partial charge in [-0.25, -0.2) is 32.2 Å². The number of benzene rings is 3. The highest BCUT2D eigenvalue weighted by atomic mass is 32.2. The number of pyridine rings is 1. The van der Waals surface area contributed by atoms with E-state index in [0.717, 1.165) is 17.3 Å². The van der Waals surface area contributed by atoms with Crippen LogP contribution < -0.4 is 15.5 Å². The lowest BCUT2D eigenvalue weighted by Gasteiger charge is -2.29. The number of sulfone groups is 1. The number of likely N-dealkylation sites (N-methyl/N-ethyl adjacent to an activating group) is 1. The lowest BCUT2D eigenvalue weighted by atomic mass is 9.93. The number of imide groups is 1. The minimum atomic E-state index is -3.75. The van der Waals surface area contributed by atoms with Crippen LogP contribution in [0.3, 0.4) is 0 Å². The Morgan fingerprint density at radius 2 is 1.64 bits per heavy atom. The zero-order chi connectivity index (χ0) is 42.9. The molecule has 0 unspecified atom stereocenters. The molecular formula is C42H50FN5O9S. The zero-order valence-corrected chi connectivity index (χ0v) is 35.2. The molecule has 0 fully saturated rings. The predicted molar refractivity (Wildman–Crippen MR) is 218 cm³/mol. The maximum atomic E-state index is 15.7. The minimum absolute atomic E-state index is 0.00855. The van der Waals surface area contributed by atoms with Crippen LogP contribution in [0.25, 0.3) is 10.8 Å². The largest absolute Gasteiger partial charge is 0.449 e. The molecule has 3 heterocycles. The third-order valence-corrected chi connectivity index (χ3v) is 11.0. The van der Waals surface area contributed by atoms with Gasteiger partial charge in [-0.15, -0.1) is 0 Å². The number of fused-ring (bicyclic) bond motifs is 10. The number of ether oxygens (including phenoxy) is 3. The average molecular weight is 820 g/mol. The number of rotatable bonds is 5. The van der Waals surface area contributed by atoms with Crippen LogP contribution in [0.1, 0.15) is 89.6 Å². The van der Waals surface area contributed by atoms with Gasteiger partial charge in [0, 0.05) is 41.7 Å². The summed E-state index contributed by atoms with van der Waals surface area (Å²) in [6.07, 6.45) is -1.99. The molecule has 0 saturated heterocycles. The topological polar surface area (TPSA) is 174 Å². The van der Waals surface area contributed by atoms with E-state index >= 15 is 4.39 Å². The number of halogens is 1. The number of nitrogens with zero attached hydrogens (tertiary/aromatic N) is 3. The Hall–Kier alpha value is -5.77.